The van der Waals surface area contributed by atoms with Crippen LogP contribution in [0, 0.1) is 28.6 Å². The zero-order valence-electron chi connectivity index (χ0n) is 23.9. The van der Waals surface area contributed by atoms with Crippen LogP contribution in [0.1, 0.15) is 87.0 Å². The minimum Gasteiger partial charge on any atom is -0.462 e. The Morgan fingerprint density at radius 2 is 1.87 bits per heavy atom. The average Bonchev–Trinajstić information content (AvgIpc) is 2.96. The summed E-state index contributed by atoms with van der Waals surface area (Å²) < 4.78 is 17.9. The Morgan fingerprint density at radius 3 is 2.55 bits per heavy atom. The van der Waals surface area contributed by atoms with Crippen LogP contribution in [-0.4, -0.2) is 35.7 Å². The van der Waals surface area contributed by atoms with Crippen LogP contribution in [0.2, 0.25) is 0 Å². The average molecular weight is 523 g/mol. The van der Waals surface area contributed by atoms with Gasteiger partial charge in [0.2, 0.25) is 0 Å². The first kappa shape index (κ1) is 27.0. The molecule has 206 valence electrons. The van der Waals surface area contributed by atoms with E-state index in [1.165, 1.54) is 18.1 Å². The first-order chi connectivity index (χ1) is 17.8. The summed E-state index contributed by atoms with van der Waals surface area (Å²) >= 11 is 0. The van der Waals surface area contributed by atoms with Crippen molar-refractivity contribution in [1.29, 1.82) is 0 Å². The number of hydrogen-bond acceptors (Lipinski definition) is 6. The van der Waals surface area contributed by atoms with Gasteiger partial charge in [0.1, 0.15) is 17.8 Å². The van der Waals surface area contributed by atoms with Gasteiger partial charge in [-0.3, -0.25) is 4.79 Å². The highest BCUT2D eigenvalue weighted by Crippen LogP contribution is 2.69. The van der Waals surface area contributed by atoms with E-state index in [4.69, 9.17) is 14.2 Å². The zero-order chi connectivity index (χ0) is 27.6. The van der Waals surface area contributed by atoms with E-state index >= 15 is 0 Å². The van der Waals surface area contributed by atoms with Gasteiger partial charge in [-0.05, 0) is 81.3 Å². The van der Waals surface area contributed by atoms with Gasteiger partial charge < -0.3 is 14.2 Å². The SMILES string of the molecule is CC(=O)O[C@@H]1CC([C@H](C)[C@H]2CC=C(C)C(=O)O2)[C@@]2(C)CCC3=C(CC[C@@H]4C(=C3)C=CC(=O)OC4(C)C)[C@]12C. The van der Waals surface area contributed by atoms with E-state index in [-0.39, 0.29) is 58.7 Å². The molecule has 0 aromatic heterocycles. The second kappa shape index (κ2) is 9.24. The molecule has 3 aliphatic carbocycles. The maximum atomic E-state index is 12.4. The van der Waals surface area contributed by atoms with E-state index in [0.29, 0.717) is 5.57 Å². The zero-order valence-corrected chi connectivity index (χ0v) is 23.9. The van der Waals surface area contributed by atoms with E-state index in [9.17, 15) is 14.4 Å². The molecule has 0 aromatic rings. The molecule has 0 radical (unpaired) electrons. The van der Waals surface area contributed by atoms with Gasteiger partial charge in [-0.1, -0.05) is 44.6 Å². The second-order valence-electron chi connectivity index (χ2n) is 13.1. The molecule has 6 nitrogen and oxygen atoms in total. The summed E-state index contributed by atoms with van der Waals surface area (Å²) in [6, 6.07) is 0. The lowest BCUT2D eigenvalue weighted by atomic mass is 9.52. The van der Waals surface area contributed by atoms with Crippen molar-refractivity contribution in [2.24, 2.45) is 28.6 Å². The highest BCUT2D eigenvalue weighted by molar-refractivity contribution is 5.88. The number of carbonyl (C=O) groups excluding carboxylic acids is 3. The molecule has 38 heavy (non-hydrogen) atoms. The third-order valence-electron chi connectivity index (χ3n) is 10.9. The van der Waals surface area contributed by atoms with Gasteiger partial charge in [-0.25, -0.2) is 9.59 Å². The summed E-state index contributed by atoms with van der Waals surface area (Å²) in [5.41, 5.74) is 3.42. The van der Waals surface area contributed by atoms with Crippen molar-refractivity contribution >= 4 is 17.9 Å². The smallest absolute Gasteiger partial charge is 0.333 e. The van der Waals surface area contributed by atoms with Gasteiger partial charge in [0, 0.05) is 36.3 Å². The maximum absolute atomic E-state index is 12.4. The molecule has 1 fully saturated rings. The van der Waals surface area contributed by atoms with Gasteiger partial charge >= 0.3 is 17.9 Å². The normalized spacial score (nSPS) is 38.8. The summed E-state index contributed by atoms with van der Waals surface area (Å²) in [6.45, 7) is 14.2. The van der Waals surface area contributed by atoms with E-state index in [1.807, 2.05) is 26.0 Å². The van der Waals surface area contributed by atoms with E-state index in [0.717, 1.165) is 44.1 Å². The molecule has 2 heterocycles. The predicted octanol–water partition coefficient (Wildman–Crippen LogP) is 6.17. The monoisotopic (exact) mass is 522 g/mol. The van der Waals surface area contributed by atoms with E-state index in [1.54, 1.807) is 13.0 Å². The molecule has 0 aromatic carbocycles. The lowest BCUT2D eigenvalue weighted by Crippen LogP contribution is -2.49. The number of esters is 3. The lowest BCUT2D eigenvalue weighted by molar-refractivity contribution is -0.154. The van der Waals surface area contributed by atoms with Gasteiger partial charge in [0.15, 0.2) is 0 Å². The molecule has 5 rings (SSSR count). The number of rotatable bonds is 3. The largest absolute Gasteiger partial charge is 0.462 e. The third-order valence-corrected chi connectivity index (χ3v) is 10.9. The minimum atomic E-state index is -0.607. The van der Waals surface area contributed by atoms with Crippen molar-refractivity contribution in [2.75, 3.05) is 0 Å². The minimum absolute atomic E-state index is 0.0885. The van der Waals surface area contributed by atoms with Crippen LogP contribution in [0.4, 0.5) is 0 Å². The van der Waals surface area contributed by atoms with Crippen molar-refractivity contribution in [3.05, 3.63) is 46.6 Å². The fourth-order valence-corrected chi connectivity index (χ4v) is 8.52. The van der Waals surface area contributed by atoms with Crippen LogP contribution < -0.4 is 0 Å². The van der Waals surface area contributed by atoms with Crippen LogP contribution in [0.5, 0.6) is 0 Å². The number of carbonyl (C=O) groups is 3. The summed E-state index contributed by atoms with van der Waals surface area (Å²) in [7, 11) is 0. The van der Waals surface area contributed by atoms with Crippen molar-refractivity contribution < 1.29 is 28.6 Å². The number of ether oxygens (including phenoxy) is 3. The Balaban J connectivity index is 1.56. The number of allylic oxidation sites excluding steroid dienone is 3. The van der Waals surface area contributed by atoms with Crippen LogP contribution in [0.25, 0.3) is 0 Å². The maximum Gasteiger partial charge on any atom is 0.333 e. The van der Waals surface area contributed by atoms with Crippen molar-refractivity contribution in [3.63, 3.8) is 0 Å². The van der Waals surface area contributed by atoms with Crippen molar-refractivity contribution in [3.8, 4) is 0 Å². The fourth-order valence-electron chi connectivity index (χ4n) is 8.52. The molecular formula is C32H42O6. The number of hydrogen-bond donors (Lipinski definition) is 0. The van der Waals surface area contributed by atoms with Crippen molar-refractivity contribution in [2.45, 2.75) is 105 Å². The molecule has 0 saturated heterocycles. The summed E-state index contributed by atoms with van der Waals surface area (Å²) in [5.74, 6) is -0.325. The van der Waals surface area contributed by atoms with E-state index in [2.05, 4.69) is 26.8 Å². The number of cyclic esters (lactones) is 2. The Hall–Kier alpha value is -2.63. The molecule has 0 bridgehead atoms. The number of fused-ring (bicyclic) bond motifs is 3. The van der Waals surface area contributed by atoms with Crippen LogP contribution in [-0.2, 0) is 28.6 Å². The van der Waals surface area contributed by atoms with E-state index < -0.39 is 5.60 Å². The Morgan fingerprint density at radius 1 is 1.13 bits per heavy atom. The molecule has 0 spiro atoms. The van der Waals surface area contributed by atoms with Crippen LogP contribution in [0.3, 0.4) is 0 Å². The molecule has 0 N–H and O–H groups in total. The Kier molecular flexibility index (Phi) is 6.55. The summed E-state index contributed by atoms with van der Waals surface area (Å²) in [4.78, 5) is 37.0. The van der Waals surface area contributed by atoms with Gasteiger partial charge in [0.25, 0.3) is 0 Å². The second-order valence-corrected chi connectivity index (χ2v) is 13.1. The predicted molar refractivity (Wildman–Crippen MR) is 144 cm³/mol. The van der Waals surface area contributed by atoms with Crippen LogP contribution in [0.15, 0.2) is 46.6 Å². The molecule has 1 unspecified atom stereocenters. The molecular weight excluding hydrogens is 480 g/mol. The molecule has 2 aliphatic heterocycles. The summed E-state index contributed by atoms with van der Waals surface area (Å²) in [5, 5.41) is 0. The quantitative estimate of drug-likeness (QED) is 0.326. The van der Waals surface area contributed by atoms with Gasteiger partial charge in [-0.15, -0.1) is 0 Å². The highest BCUT2D eigenvalue weighted by Gasteiger charge is 2.65. The standard InChI is InChI=1S/C32H42O6/c1-18-8-12-26(37-29(18)35)19(2)25-17-27(36-20(3)33)32(7)24-11-10-23-21(9-13-28(34)38-30(23,4)5)16-22(24)14-15-31(25,32)6/h8-9,13,16,19,23,25-27H,10-12,14-15,17H2,1-7H3/t19-,23+,25?,26+,27+,31+,32+/m0/s1. The Bertz CT molecular complexity index is 1180. The molecule has 6 heteroatoms. The Labute approximate surface area is 226 Å². The summed E-state index contributed by atoms with van der Waals surface area (Å²) in [6.07, 6.45) is 12.4. The van der Waals surface area contributed by atoms with Gasteiger partial charge in [-0.2, -0.15) is 0 Å². The van der Waals surface area contributed by atoms with Crippen LogP contribution >= 0.6 is 0 Å². The first-order valence-electron chi connectivity index (χ1n) is 14.2. The molecule has 7 atom stereocenters. The van der Waals surface area contributed by atoms with Crippen molar-refractivity contribution in [1.82, 2.24) is 0 Å². The molecule has 5 aliphatic rings. The molecule has 1 saturated carbocycles. The first-order valence-corrected chi connectivity index (χ1v) is 14.2. The molecule has 0 amide bonds. The third kappa shape index (κ3) is 4.10. The van der Waals surface area contributed by atoms with Gasteiger partial charge in [0.05, 0.1) is 0 Å². The lowest BCUT2D eigenvalue weighted by Gasteiger charge is -2.53. The topological polar surface area (TPSA) is 78.9 Å². The fraction of sp³-hybridized carbons (Fsp3) is 0.656. The highest BCUT2D eigenvalue weighted by atomic mass is 16.6.